The zero-order valence-electron chi connectivity index (χ0n) is 33.8. The topological polar surface area (TPSA) is 215 Å². The van der Waals surface area contributed by atoms with Crippen molar-refractivity contribution in [2.45, 2.75) is 51.1 Å². The molecule has 5 amide bonds. The van der Waals surface area contributed by atoms with Crippen LogP contribution >= 0.6 is 0 Å². The number of amides is 5. The summed E-state index contributed by atoms with van der Waals surface area (Å²) in [5, 5.41) is 25.7. The summed E-state index contributed by atoms with van der Waals surface area (Å²) in [6, 6.07) is 5.53. The molecule has 3 N–H and O–H groups in total. The first-order valence-electron chi connectivity index (χ1n) is 19.8. The normalized spacial score (nSPS) is 15.6. The number of nitro groups is 1. The molecule has 1 aliphatic heterocycles. The van der Waals surface area contributed by atoms with E-state index in [0.717, 1.165) is 49.1 Å². The zero-order chi connectivity index (χ0) is 43.5. The summed E-state index contributed by atoms with van der Waals surface area (Å²) in [6.45, 7) is 2.70. The van der Waals surface area contributed by atoms with Gasteiger partial charge in [0.1, 0.15) is 30.1 Å². The van der Waals surface area contributed by atoms with Gasteiger partial charge in [0, 0.05) is 70.4 Å². The molecule has 18 nitrogen and oxygen atoms in total. The standard InChI is InChI=1S/C40H51F2N7O11/c1-25(45(2)40(54)55)36(50)44-34(26-7-5-4-6-8-26)38(52)47-14-16-48(17-15-47)39(53)35-33(29-23-30(41)31(42)24-32(29)46(35)3)37(51)43-13-18-58-19-20-59-21-22-60-28-11-9-27(10-12-28)49(56)57/h9-12,23-26,34H,4-8,13-22H2,1-3H3,(H,43,51)(H,44,50)(H,54,55)/t25-,34-/m0/s1. The highest BCUT2D eigenvalue weighted by atomic mass is 19.2. The van der Waals surface area contributed by atoms with E-state index in [1.807, 2.05) is 0 Å². The van der Waals surface area contributed by atoms with E-state index >= 15 is 0 Å². The van der Waals surface area contributed by atoms with E-state index in [1.165, 1.54) is 54.8 Å². The number of fused-ring (bicyclic) bond motifs is 1. The number of non-ortho nitro benzene ring substituents is 1. The van der Waals surface area contributed by atoms with E-state index in [1.54, 1.807) is 4.90 Å². The van der Waals surface area contributed by atoms with Gasteiger partial charge in [-0.3, -0.25) is 34.2 Å². The van der Waals surface area contributed by atoms with E-state index in [4.69, 9.17) is 14.2 Å². The molecule has 1 aromatic heterocycles. The van der Waals surface area contributed by atoms with Gasteiger partial charge in [-0.15, -0.1) is 0 Å². The lowest BCUT2D eigenvalue weighted by atomic mass is 9.83. The number of ether oxygens (including phenoxy) is 3. The second kappa shape index (κ2) is 20.9. The summed E-state index contributed by atoms with van der Waals surface area (Å²) >= 11 is 0. The van der Waals surface area contributed by atoms with Gasteiger partial charge in [-0.05, 0) is 43.9 Å². The lowest BCUT2D eigenvalue weighted by Crippen LogP contribution is -2.59. The number of piperazine rings is 1. The van der Waals surface area contributed by atoms with Gasteiger partial charge < -0.3 is 44.3 Å². The number of nitro benzene ring substituents is 1. The molecule has 2 fully saturated rings. The molecule has 2 atom stereocenters. The van der Waals surface area contributed by atoms with Gasteiger partial charge >= 0.3 is 6.09 Å². The van der Waals surface area contributed by atoms with Crippen LogP contribution in [0.1, 0.15) is 59.9 Å². The fraction of sp³-hybridized carbons (Fsp3) is 0.525. The van der Waals surface area contributed by atoms with Crippen molar-refractivity contribution < 1.29 is 57.0 Å². The minimum atomic E-state index is -1.28. The molecule has 2 aromatic carbocycles. The molecule has 326 valence electrons. The molecule has 0 bridgehead atoms. The van der Waals surface area contributed by atoms with Crippen LogP contribution in [0.25, 0.3) is 10.9 Å². The maximum absolute atomic E-state index is 14.6. The number of nitrogens with one attached hydrogen (secondary N) is 2. The molecule has 2 heterocycles. The highest BCUT2D eigenvalue weighted by Gasteiger charge is 2.38. The third-order valence-electron chi connectivity index (χ3n) is 10.9. The number of aromatic nitrogens is 1. The SMILES string of the molecule is C[C@@H](C(=O)N[C@H](C(=O)N1CCN(C(=O)c2c(C(=O)NCCOCCOCCOc3ccc([N+](=O)[O-])cc3)c3cc(F)c(F)cc3n2C)CC1)C1CCCCC1)N(C)C(=O)O. The van der Waals surface area contributed by atoms with Crippen molar-refractivity contribution >= 4 is 46.3 Å². The molecular weight excluding hydrogens is 792 g/mol. The second-order valence-corrected chi connectivity index (χ2v) is 14.7. The van der Waals surface area contributed by atoms with E-state index in [-0.39, 0.29) is 105 Å². The summed E-state index contributed by atoms with van der Waals surface area (Å²) < 4.78 is 46.9. The van der Waals surface area contributed by atoms with Crippen LogP contribution in [0, 0.1) is 27.7 Å². The van der Waals surface area contributed by atoms with E-state index < -0.39 is 52.5 Å². The Morgan fingerprint density at radius 1 is 0.917 bits per heavy atom. The van der Waals surface area contributed by atoms with Crippen LogP contribution in [-0.2, 0) is 26.1 Å². The van der Waals surface area contributed by atoms with Crippen molar-refractivity contribution in [3.8, 4) is 5.75 Å². The van der Waals surface area contributed by atoms with Crippen molar-refractivity contribution in [2.24, 2.45) is 13.0 Å². The summed E-state index contributed by atoms with van der Waals surface area (Å²) in [7, 11) is 2.75. The lowest BCUT2D eigenvalue weighted by Gasteiger charge is -2.39. The minimum Gasteiger partial charge on any atom is -0.491 e. The molecule has 20 heteroatoms. The van der Waals surface area contributed by atoms with E-state index in [2.05, 4.69) is 10.6 Å². The molecule has 2 aliphatic rings. The van der Waals surface area contributed by atoms with Crippen molar-refractivity contribution in [2.75, 3.05) is 72.8 Å². The minimum absolute atomic E-state index is 0.0145. The molecule has 0 spiro atoms. The number of nitrogens with zero attached hydrogens (tertiary/aromatic N) is 5. The fourth-order valence-electron chi connectivity index (χ4n) is 7.38. The number of carbonyl (C=O) groups excluding carboxylic acids is 4. The van der Waals surface area contributed by atoms with Gasteiger partial charge in [-0.2, -0.15) is 0 Å². The monoisotopic (exact) mass is 843 g/mol. The van der Waals surface area contributed by atoms with Crippen LogP contribution in [0.3, 0.4) is 0 Å². The average Bonchev–Trinajstić information content (AvgIpc) is 3.52. The maximum atomic E-state index is 14.6. The molecule has 5 rings (SSSR count). The van der Waals surface area contributed by atoms with Crippen molar-refractivity contribution in [3.63, 3.8) is 0 Å². The average molecular weight is 844 g/mol. The number of halogens is 2. The third kappa shape index (κ3) is 11.0. The van der Waals surface area contributed by atoms with E-state index in [9.17, 15) is 48.0 Å². The molecule has 1 saturated heterocycles. The number of hydrogen-bond acceptors (Lipinski definition) is 10. The number of likely N-dealkylation sites (N-methyl/N-ethyl adjacent to an activating group) is 1. The Hall–Kier alpha value is -5.89. The van der Waals surface area contributed by atoms with Crippen LogP contribution < -0.4 is 15.4 Å². The van der Waals surface area contributed by atoms with Crippen molar-refractivity contribution in [1.82, 2.24) is 29.9 Å². The Morgan fingerprint density at radius 2 is 1.52 bits per heavy atom. The van der Waals surface area contributed by atoms with Gasteiger partial charge in [0.25, 0.3) is 17.5 Å². The molecule has 60 heavy (non-hydrogen) atoms. The number of hydrogen-bond donors (Lipinski definition) is 3. The maximum Gasteiger partial charge on any atom is 0.407 e. The van der Waals surface area contributed by atoms with Crippen molar-refractivity contribution in [3.05, 3.63) is 69.4 Å². The smallest absolute Gasteiger partial charge is 0.407 e. The quantitative estimate of drug-likeness (QED) is 0.0957. The number of rotatable bonds is 18. The van der Waals surface area contributed by atoms with Gasteiger partial charge in [0.2, 0.25) is 11.8 Å². The summed E-state index contributed by atoms with van der Waals surface area (Å²) in [6.07, 6.45) is 2.95. The third-order valence-corrected chi connectivity index (χ3v) is 10.9. The van der Waals surface area contributed by atoms with Crippen molar-refractivity contribution in [1.29, 1.82) is 0 Å². The molecule has 1 saturated carbocycles. The van der Waals surface area contributed by atoms with Gasteiger partial charge in [-0.25, -0.2) is 13.6 Å². The first kappa shape index (κ1) is 45.2. The Kier molecular flexibility index (Phi) is 15.7. The Bertz CT molecular complexity index is 2030. The first-order valence-corrected chi connectivity index (χ1v) is 19.8. The summed E-state index contributed by atoms with van der Waals surface area (Å²) in [5.74, 6) is -4.24. The largest absolute Gasteiger partial charge is 0.491 e. The van der Waals surface area contributed by atoms with Gasteiger partial charge in [0.05, 0.1) is 42.4 Å². The fourth-order valence-corrected chi connectivity index (χ4v) is 7.38. The summed E-state index contributed by atoms with van der Waals surface area (Å²) in [4.78, 5) is 80.6. The highest BCUT2D eigenvalue weighted by molar-refractivity contribution is 6.16. The number of carbonyl (C=O) groups is 5. The van der Waals surface area contributed by atoms with Gasteiger partial charge in [0.15, 0.2) is 11.6 Å². The second-order valence-electron chi connectivity index (χ2n) is 14.7. The zero-order valence-corrected chi connectivity index (χ0v) is 33.8. The number of aryl methyl sites for hydroxylation is 1. The highest BCUT2D eigenvalue weighted by Crippen LogP contribution is 2.31. The molecule has 1 aliphatic carbocycles. The Morgan fingerprint density at radius 3 is 2.15 bits per heavy atom. The number of carboxylic acid groups (broad SMARTS) is 1. The van der Waals surface area contributed by atoms with Crippen LogP contribution in [0.15, 0.2) is 36.4 Å². The van der Waals surface area contributed by atoms with Crippen LogP contribution in [0.5, 0.6) is 5.75 Å². The Labute approximate surface area is 344 Å². The Balaban J connectivity index is 1.17. The molecular formula is C40H51F2N7O11. The first-order chi connectivity index (χ1) is 28.7. The lowest BCUT2D eigenvalue weighted by molar-refractivity contribution is -0.384. The van der Waals surface area contributed by atoms with Gasteiger partial charge in [-0.1, -0.05) is 19.3 Å². The summed E-state index contributed by atoms with van der Waals surface area (Å²) in [5.41, 5.74) is -0.168. The number of benzene rings is 2. The predicted molar refractivity (Wildman–Crippen MR) is 212 cm³/mol. The molecule has 3 aromatic rings. The predicted octanol–water partition coefficient (Wildman–Crippen LogP) is 3.55. The van der Waals surface area contributed by atoms with E-state index in [0.29, 0.717) is 5.75 Å². The van der Waals surface area contributed by atoms with Crippen LogP contribution in [0.4, 0.5) is 19.3 Å². The molecule has 0 unspecified atom stereocenters. The molecule has 0 radical (unpaired) electrons. The van der Waals surface area contributed by atoms with Crippen LogP contribution in [-0.4, -0.2) is 144 Å². The van der Waals surface area contributed by atoms with Crippen LogP contribution in [0.2, 0.25) is 0 Å².